The molecule has 132 valence electrons. The highest BCUT2D eigenvalue weighted by Gasteiger charge is 2.22. The van der Waals surface area contributed by atoms with E-state index in [2.05, 4.69) is 16.0 Å². The highest BCUT2D eigenvalue weighted by atomic mass is 16.5. The van der Waals surface area contributed by atoms with E-state index in [0.29, 0.717) is 18.0 Å². The van der Waals surface area contributed by atoms with Crippen molar-refractivity contribution in [2.45, 2.75) is 13.0 Å². The molecule has 0 heterocycles. The second kappa shape index (κ2) is 9.44. The van der Waals surface area contributed by atoms with Gasteiger partial charge in [0, 0.05) is 7.05 Å². The van der Waals surface area contributed by atoms with Crippen LogP contribution in [0.4, 0.5) is 5.69 Å². The first-order chi connectivity index (χ1) is 12.2. The van der Waals surface area contributed by atoms with Crippen molar-refractivity contribution in [2.24, 2.45) is 0 Å². The lowest BCUT2D eigenvalue weighted by Crippen LogP contribution is -2.39. The van der Waals surface area contributed by atoms with Crippen molar-refractivity contribution in [1.82, 2.24) is 10.6 Å². The molecule has 2 rings (SSSR count). The van der Waals surface area contributed by atoms with Gasteiger partial charge in [-0.25, -0.2) is 0 Å². The van der Waals surface area contributed by atoms with Gasteiger partial charge in [0.25, 0.3) is 0 Å². The maximum atomic E-state index is 12.8. The number of benzene rings is 2. The summed E-state index contributed by atoms with van der Waals surface area (Å²) in [6.45, 7) is 2.43. The van der Waals surface area contributed by atoms with Crippen molar-refractivity contribution in [1.29, 1.82) is 0 Å². The first-order valence-electron chi connectivity index (χ1n) is 8.17. The normalized spacial score (nSPS) is 11.4. The Morgan fingerprint density at radius 1 is 1.04 bits per heavy atom. The molecule has 0 saturated carbocycles. The molecule has 0 bridgehead atoms. The Labute approximate surface area is 147 Å². The van der Waals surface area contributed by atoms with Crippen LogP contribution in [0.25, 0.3) is 0 Å². The van der Waals surface area contributed by atoms with Crippen LogP contribution in [0.1, 0.15) is 18.5 Å². The lowest BCUT2D eigenvalue weighted by atomic mass is 10.1. The smallest absolute Gasteiger partial charge is 0.246 e. The monoisotopic (exact) mass is 341 g/mol. The van der Waals surface area contributed by atoms with Gasteiger partial charge in [0.1, 0.15) is 11.8 Å². The van der Waals surface area contributed by atoms with Gasteiger partial charge >= 0.3 is 0 Å². The number of hydrogen-bond acceptors (Lipinski definition) is 4. The van der Waals surface area contributed by atoms with E-state index < -0.39 is 6.04 Å². The van der Waals surface area contributed by atoms with E-state index >= 15 is 0 Å². The van der Waals surface area contributed by atoms with Crippen LogP contribution in [-0.2, 0) is 9.59 Å². The van der Waals surface area contributed by atoms with E-state index in [0.717, 1.165) is 5.56 Å². The molecular formula is C19H23N3O3. The van der Waals surface area contributed by atoms with Crippen LogP contribution < -0.4 is 20.7 Å². The Morgan fingerprint density at radius 3 is 2.40 bits per heavy atom. The molecule has 6 heteroatoms. The molecule has 0 radical (unpaired) electrons. The molecule has 0 aliphatic carbocycles. The second-order valence-electron chi connectivity index (χ2n) is 5.32. The zero-order valence-corrected chi connectivity index (χ0v) is 14.4. The van der Waals surface area contributed by atoms with Gasteiger partial charge in [-0.05, 0) is 24.6 Å². The molecule has 0 aromatic heterocycles. The Bertz CT molecular complexity index is 704. The van der Waals surface area contributed by atoms with Crippen LogP contribution in [0.5, 0.6) is 5.75 Å². The van der Waals surface area contributed by atoms with Crippen LogP contribution in [0, 0.1) is 0 Å². The highest BCUT2D eigenvalue weighted by Crippen LogP contribution is 2.25. The lowest BCUT2D eigenvalue weighted by Gasteiger charge is -2.19. The first kappa shape index (κ1) is 18.5. The molecule has 2 aromatic carbocycles. The topological polar surface area (TPSA) is 79.5 Å². The molecule has 3 N–H and O–H groups in total. The largest absolute Gasteiger partial charge is 0.492 e. The Morgan fingerprint density at radius 2 is 1.72 bits per heavy atom. The molecule has 0 fully saturated rings. The third-order valence-electron chi connectivity index (χ3n) is 3.59. The molecular weight excluding hydrogens is 318 g/mol. The molecule has 0 aliphatic rings. The molecule has 2 amide bonds. The van der Waals surface area contributed by atoms with Gasteiger partial charge in [0.05, 0.1) is 18.8 Å². The molecule has 2 aromatic rings. The summed E-state index contributed by atoms with van der Waals surface area (Å²) in [5, 5.41) is 8.40. The van der Waals surface area contributed by atoms with Crippen LogP contribution in [0.3, 0.4) is 0 Å². The van der Waals surface area contributed by atoms with Crippen molar-refractivity contribution in [3.63, 3.8) is 0 Å². The first-order valence-corrected chi connectivity index (χ1v) is 8.17. The lowest BCUT2D eigenvalue weighted by molar-refractivity contribution is -0.120. The third kappa shape index (κ3) is 5.32. The van der Waals surface area contributed by atoms with Crippen LogP contribution >= 0.6 is 0 Å². The van der Waals surface area contributed by atoms with Crippen molar-refractivity contribution < 1.29 is 14.3 Å². The Kier molecular flexibility index (Phi) is 6.98. The van der Waals surface area contributed by atoms with Gasteiger partial charge in [0.2, 0.25) is 11.8 Å². The molecule has 25 heavy (non-hydrogen) atoms. The van der Waals surface area contributed by atoms with Crippen LogP contribution in [0.2, 0.25) is 0 Å². The second-order valence-corrected chi connectivity index (χ2v) is 5.32. The van der Waals surface area contributed by atoms with Crippen molar-refractivity contribution >= 4 is 17.5 Å². The molecule has 0 saturated heterocycles. The van der Waals surface area contributed by atoms with Gasteiger partial charge in [-0.3, -0.25) is 14.9 Å². The minimum Gasteiger partial charge on any atom is -0.492 e. The van der Waals surface area contributed by atoms with Crippen molar-refractivity contribution in [2.75, 3.05) is 25.5 Å². The molecule has 0 unspecified atom stereocenters. The molecule has 1 atom stereocenters. The van der Waals surface area contributed by atoms with Gasteiger partial charge < -0.3 is 15.4 Å². The summed E-state index contributed by atoms with van der Waals surface area (Å²) in [6.07, 6.45) is 0. The Balaban J connectivity index is 2.19. The minimum atomic E-state index is -0.659. The van der Waals surface area contributed by atoms with Crippen molar-refractivity contribution in [3.05, 3.63) is 60.2 Å². The Hall–Kier alpha value is -2.86. The van der Waals surface area contributed by atoms with Gasteiger partial charge in [0.15, 0.2) is 0 Å². The summed E-state index contributed by atoms with van der Waals surface area (Å²) in [4.78, 5) is 24.4. The number of nitrogens with one attached hydrogen (secondary N) is 3. The number of anilines is 1. The molecule has 6 nitrogen and oxygen atoms in total. The van der Waals surface area contributed by atoms with E-state index in [-0.39, 0.29) is 18.4 Å². The number of carbonyl (C=O) groups excluding carboxylic acids is 2. The van der Waals surface area contributed by atoms with Gasteiger partial charge in [-0.15, -0.1) is 0 Å². The maximum Gasteiger partial charge on any atom is 0.246 e. The summed E-state index contributed by atoms with van der Waals surface area (Å²) in [5.41, 5.74) is 1.37. The number of carbonyl (C=O) groups is 2. The van der Waals surface area contributed by atoms with Crippen LogP contribution in [0.15, 0.2) is 54.6 Å². The fourth-order valence-corrected chi connectivity index (χ4v) is 2.35. The number of amides is 2. The predicted molar refractivity (Wildman–Crippen MR) is 97.5 cm³/mol. The number of ether oxygens (including phenoxy) is 1. The highest BCUT2D eigenvalue weighted by molar-refractivity contribution is 5.97. The van der Waals surface area contributed by atoms with Gasteiger partial charge in [-0.2, -0.15) is 0 Å². The number of para-hydroxylation sites is 2. The summed E-state index contributed by atoms with van der Waals surface area (Å²) in [5.74, 6) is 0.155. The summed E-state index contributed by atoms with van der Waals surface area (Å²) in [7, 11) is 1.56. The van der Waals surface area contributed by atoms with E-state index in [1.54, 1.807) is 19.2 Å². The number of rotatable bonds is 8. The quantitative estimate of drug-likeness (QED) is 0.687. The number of hydrogen-bond donors (Lipinski definition) is 3. The van der Waals surface area contributed by atoms with Gasteiger partial charge in [-0.1, -0.05) is 42.5 Å². The number of likely N-dealkylation sites (N-methyl/N-ethyl adjacent to an activating group) is 1. The average molecular weight is 341 g/mol. The van der Waals surface area contributed by atoms with E-state index in [1.165, 1.54) is 0 Å². The van der Waals surface area contributed by atoms with E-state index in [4.69, 9.17) is 4.74 Å². The fraction of sp³-hybridized carbons (Fsp3) is 0.263. The standard InChI is InChI=1S/C19H23N3O3/c1-3-25-16-12-8-7-11-15(16)22-19(24)18(21-13-17(23)20-2)14-9-5-4-6-10-14/h4-12,18,21H,3,13H2,1-2H3,(H,20,23)(H,22,24)/t18-/m1/s1. The van der Waals surface area contributed by atoms with E-state index in [9.17, 15) is 9.59 Å². The molecule has 0 spiro atoms. The third-order valence-corrected chi connectivity index (χ3v) is 3.59. The fourth-order valence-electron chi connectivity index (χ4n) is 2.35. The molecule has 0 aliphatic heterocycles. The minimum absolute atomic E-state index is 0.0383. The SMILES string of the molecule is CCOc1ccccc1NC(=O)[C@H](NCC(=O)NC)c1ccccc1. The summed E-state index contributed by atoms with van der Waals surface area (Å²) >= 11 is 0. The zero-order valence-electron chi connectivity index (χ0n) is 14.4. The zero-order chi connectivity index (χ0) is 18.1. The van der Waals surface area contributed by atoms with Crippen molar-refractivity contribution in [3.8, 4) is 5.75 Å². The predicted octanol–water partition coefficient (Wildman–Crippen LogP) is 2.10. The van der Waals surface area contributed by atoms with E-state index in [1.807, 2.05) is 49.4 Å². The van der Waals surface area contributed by atoms with Crippen LogP contribution in [-0.4, -0.2) is 32.0 Å². The summed E-state index contributed by atoms with van der Waals surface area (Å²) in [6, 6.07) is 15.9. The summed E-state index contributed by atoms with van der Waals surface area (Å²) < 4.78 is 5.54. The average Bonchev–Trinajstić information content (AvgIpc) is 2.64. The maximum absolute atomic E-state index is 12.8.